The van der Waals surface area contributed by atoms with Gasteiger partial charge in [-0.3, -0.25) is 0 Å². The fourth-order valence-electron chi connectivity index (χ4n) is 5.84. The Hall–Kier alpha value is -3.33. The molecule has 0 aliphatic heterocycles. The van der Waals surface area contributed by atoms with E-state index in [0.717, 1.165) is 24.3 Å². The molecule has 0 unspecified atom stereocenters. The average molecular weight is 736 g/mol. The Kier molecular flexibility index (Phi) is 9.49. The number of rotatable bonds is 8. The van der Waals surface area contributed by atoms with E-state index in [1.165, 1.54) is 0 Å². The van der Waals surface area contributed by atoms with Gasteiger partial charge in [-0.05, 0) is 107 Å². The lowest BCUT2D eigenvalue weighted by molar-refractivity contribution is 0.570. The molecule has 47 heavy (non-hydrogen) atoms. The van der Waals surface area contributed by atoms with Gasteiger partial charge in [-0.1, -0.05) is 70.7 Å². The van der Waals surface area contributed by atoms with E-state index in [2.05, 4.69) is 0 Å². The number of halogens is 8. The first-order valence-corrected chi connectivity index (χ1v) is 17.5. The Morgan fingerprint density at radius 2 is 0.809 bits per heavy atom. The van der Waals surface area contributed by atoms with Gasteiger partial charge in [0, 0.05) is 42.3 Å². The van der Waals surface area contributed by atoms with Crippen LogP contribution in [0.25, 0.3) is 22.3 Å². The molecule has 240 valence electrons. The monoisotopic (exact) mass is 734 g/mol. The first kappa shape index (κ1) is 33.6. The first-order valence-electron chi connectivity index (χ1n) is 14.2. The van der Waals surface area contributed by atoms with Gasteiger partial charge in [0.15, 0.2) is 9.84 Å². The molecule has 2 aliphatic rings. The summed E-state index contributed by atoms with van der Waals surface area (Å²) < 4.78 is 87.7. The summed E-state index contributed by atoms with van der Waals surface area (Å²) in [6, 6.07) is 13.2. The van der Waals surface area contributed by atoms with Crippen molar-refractivity contribution in [2.24, 2.45) is 0 Å². The van der Waals surface area contributed by atoms with E-state index in [1.54, 1.807) is 48.6 Å². The van der Waals surface area contributed by atoms with Gasteiger partial charge in [-0.2, -0.15) is 0 Å². The van der Waals surface area contributed by atoms with Crippen LogP contribution in [-0.2, 0) is 21.3 Å². The summed E-state index contributed by atoms with van der Waals surface area (Å²) in [6.07, 6.45) is 7.97. The molecule has 2 aliphatic carbocycles. The van der Waals surface area contributed by atoms with Crippen molar-refractivity contribution in [2.75, 3.05) is 0 Å². The molecule has 0 heterocycles. The van der Waals surface area contributed by atoms with Gasteiger partial charge in [-0.25, -0.2) is 26.0 Å². The third kappa shape index (κ3) is 7.25. The van der Waals surface area contributed by atoms with Crippen LogP contribution in [0.5, 0.6) is 0 Å². The van der Waals surface area contributed by atoms with Crippen LogP contribution in [0.4, 0.5) is 17.6 Å². The van der Waals surface area contributed by atoms with E-state index < -0.39 is 55.7 Å². The van der Waals surface area contributed by atoms with Gasteiger partial charge in [0.25, 0.3) is 0 Å². The molecule has 0 bridgehead atoms. The van der Waals surface area contributed by atoms with Gasteiger partial charge >= 0.3 is 0 Å². The van der Waals surface area contributed by atoms with E-state index in [4.69, 9.17) is 46.4 Å². The van der Waals surface area contributed by atoms with Crippen molar-refractivity contribution in [3.8, 4) is 0 Å². The number of benzene rings is 4. The van der Waals surface area contributed by atoms with E-state index in [-0.39, 0.29) is 11.1 Å². The minimum Gasteiger partial charge on any atom is -0.228 e. The maximum atomic E-state index is 15.4. The Bertz CT molecular complexity index is 2020. The zero-order chi connectivity index (χ0) is 33.6. The molecule has 0 radical (unpaired) electrons. The Balaban J connectivity index is 1.22. The Morgan fingerprint density at radius 1 is 0.468 bits per heavy atom. The molecule has 0 aromatic heterocycles. The van der Waals surface area contributed by atoms with Crippen molar-refractivity contribution in [2.45, 2.75) is 24.3 Å². The van der Waals surface area contributed by atoms with Crippen LogP contribution in [0.1, 0.15) is 46.2 Å². The molecule has 6 rings (SSSR count). The minimum atomic E-state index is -4.28. The van der Waals surface area contributed by atoms with Gasteiger partial charge in [0.1, 0.15) is 23.3 Å². The van der Waals surface area contributed by atoms with Gasteiger partial charge < -0.3 is 0 Å². The Morgan fingerprint density at radius 3 is 1.17 bits per heavy atom. The summed E-state index contributed by atoms with van der Waals surface area (Å²) in [7, 11) is -4.28. The van der Waals surface area contributed by atoms with Crippen molar-refractivity contribution in [1.29, 1.82) is 0 Å². The van der Waals surface area contributed by atoms with Gasteiger partial charge in [0.2, 0.25) is 0 Å². The molecule has 0 atom stereocenters. The first-order chi connectivity index (χ1) is 22.3. The molecular formula is C36H22Cl4F4O2S. The maximum Gasteiger partial charge on any atom is 0.158 e. The molecule has 0 saturated heterocycles. The zero-order valence-corrected chi connectivity index (χ0v) is 28.0. The fraction of sp³-hybridized carbons (Fsp3) is 0.111. The smallest absolute Gasteiger partial charge is 0.158 e. The second-order valence-corrected chi connectivity index (χ2v) is 14.9. The van der Waals surface area contributed by atoms with E-state index in [1.807, 2.05) is 12.2 Å². The molecule has 0 spiro atoms. The van der Waals surface area contributed by atoms with E-state index >= 15 is 17.6 Å². The normalized spacial score (nSPS) is 14.6. The van der Waals surface area contributed by atoms with Crippen LogP contribution in [0.15, 0.2) is 85.0 Å². The minimum absolute atomic E-state index is 0.0677. The highest BCUT2D eigenvalue weighted by molar-refractivity contribution is 7.89. The highest BCUT2D eigenvalue weighted by Crippen LogP contribution is 2.41. The van der Waals surface area contributed by atoms with Crippen LogP contribution >= 0.6 is 46.4 Å². The average Bonchev–Trinajstić information content (AvgIpc) is 3.66. The summed E-state index contributed by atoms with van der Waals surface area (Å²) in [4.78, 5) is 0. The predicted octanol–water partition coefficient (Wildman–Crippen LogP) is 11.7. The molecule has 4 aromatic rings. The van der Waals surface area contributed by atoms with E-state index in [0.29, 0.717) is 66.4 Å². The third-order valence-corrected chi connectivity index (χ3v) is 10.2. The third-order valence-electron chi connectivity index (χ3n) is 7.82. The maximum absolute atomic E-state index is 15.4. The van der Waals surface area contributed by atoms with Crippen molar-refractivity contribution < 1.29 is 26.0 Å². The lowest BCUT2D eigenvalue weighted by Crippen LogP contribution is -2.12. The van der Waals surface area contributed by atoms with Crippen molar-refractivity contribution in [1.82, 2.24) is 0 Å². The highest BCUT2D eigenvalue weighted by Gasteiger charge is 2.25. The topological polar surface area (TPSA) is 34.1 Å². The summed E-state index contributed by atoms with van der Waals surface area (Å²) in [6.45, 7) is 0. The van der Waals surface area contributed by atoms with Gasteiger partial charge in [-0.15, -0.1) is 0 Å². The van der Waals surface area contributed by atoms with Crippen LogP contribution in [0.2, 0.25) is 20.1 Å². The van der Waals surface area contributed by atoms with Crippen LogP contribution < -0.4 is 0 Å². The second-order valence-electron chi connectivity index (χ2n) is 11.1. The zero-order valence-electron chi connectivity index (χ0n) is 24.2. The van der Waals surface area contributed by atoms with Crippen LogP contribution in [0.3, 0.4) is 0 Å². The number of hydrogen-bond acceptors (Lipinski definition) is 2. The van der Waals surface area contributed by atoms with Crippen molar-refractivity contribution >= 4 is 78.5 Å². The molecule has 2 nitrogen and oxygen atoms in total. The lowest BCUT2D eigenvalue weighted by atomic mass is 9.94. The predicted molar refractivity (Wildman–Crippen MR) is 183 cm³/mol. The molecule has 11 heteroatoms. The number of allylic oxidation sites excluding steroid dienone is 8. The Labute approximate surface area is 289 Å². The van der Waals surface area contributed by atoms with Gasteiger partial charge in [0.05, 0.1) is 11.5 Å². The molecule has 0 fully saturated rings. The molecular weight excluding hydrogens is 714 g/mol. The summed E-state index contributed by atoms with van der Waals surface area (Å²) in [5, 5.41) is 1.49. The highest BCUT2D eigenvalue weighted by atomic mass is 35.5. The van der Waals surface area contributed by atoms with Crippen molar-refractivity contribution in [3.63, 3.8) is 0 Å². The largest absolute Gasteiger partial charge is 0.228 e. The molecule has 0 amide bonds. The summed E-state index contributed by atoms with van der Waals surface area (Å²) in [5.41, 5.74) is 2.22. The molecule has 4 aromatic carbocycles. The number of sulfone groups is 1. The van der Waals surface area contributed by atoms with Crippen LogP contribution in [0, 0.1) is 23.3 Å². The van der Waals surface area contributed by atoms with Crippen LogP contribution in [-0.4, -0.2) is 8.42 Å². The fourth-order valence-corrected chi connectivity index (χ4v) is 8.38. The molecule has 0 N–H and O–H groups in total. The standard InChI is InChI=1S/C36H22Cl4F4O2S/c37-23-7-19(8-24(38)13-23)27-3-1-5-29(27)31-15-33(41)21(11-35(31)43)17-47(45,46)18-22-12-36(44)32(16-34(22)42)30-6-2-4-28(30)20-9-25(39)14-26(40)10-20/h3-16H,1-2,17-18H2. The SMILES string of the molecule is O=S(=O)(Cc1cc(F)c(C2=CCC=C2c2cc(Cl)cc(Cl)c2)cc1F)Cc1cc(F)c(C2=CCC=C2c2cc(Cl)cc(Cl)c2)cc1F. The second kappa shape index (κ2) is 13.3. The lowest BCUT2D eigenvalue weighted by Gasteiger charge is -2.15. The van der Waals surface area contributed by atoms with Crippen molar-refractivity contribution in [3.05, 3.63) is 162 Å². The quantitative estimate of drug-likeness (QED) is 0.169. The summed E-state index contributed by atoms with van der Waals surface area (Å²) in [5.74, 6) is -5.48. The van der Waals surface area contributed by atoms with E-state index in [9.17, 15) is 8.42 Å². The molecule has 0 saturated carbocycles. The number of hydrogen-bond donors (Lipinski definition) is 0. The summed E-state index contributed by atoms with van der Waals surface area (Å²) >= 11 is 24.5.